The van der Waals surface area contributed by atoms with Gasteiger partial charge in [0.15, 0.2) is 11.5 Å². The highest BCUT2D eigenvalue weighted by Gasteiger charge is 2.39. The number of hydrogen-bond donors (Lipinski definition) is 1. The fourth-order valence-corrected chi connectivity index (χ4v) is 5.12. The van der Waals surface area contributed by atoms with Crippen molar-refractivity contribution in [2.24, 2.45) is 0 Å². The third-order valence-electron chi connectivity index (χ3n) is 6.81. The van der Waals surface area contributed by atoms with Gasteiger partial charge in [-0.15, -0.1) is 0 Å². The molecule has 1 N–H and O–H groups in total. The van der Waals surface area contributed by atoms with Crippen LogP contribution in [0.3, 0.4) is 0 Å². The zero-order chi connectivity index (χ0) is 31.1. The fourth-order valence-electron chi connectivity index (χ4n) is 4.65. The van der Waals surface area contributed by atoms with E-state index in [1.165, 1.54) is 19.2 Å². The Hall–Kier alpha value is -4.54. The van der Waals surface area contributed by atoms with Gasteiger partial charge in [-0.3, -0.25) is 14.9 Å². The molecule has 0 saturated carbocycles. The maximum atomic E-state index is 13.3. The van der Waals surface area contributed by atoms with E-state index in [0.717, 1.165) is 34.0 Å². The van der Waals surface area contributed by atoms with Crippen molar-refractivity contribution in [1.29, 1.82) is 0 Å². The molecule has 1 heterocycles. The second-order valence-electron chi connectivity index (χ2n) is 9.53. The van der Waals surface area contributed by atoms with Gasteiger partial charge in [-0.2, -0.15) is 13.2 Å². The summed E-state index contributed by atoms with van der Waals surface area (Å²) >= 11 is 12.6. The second kappa shape index (κ2) is 11.6. The van der Waals surface area contributed by atoms with Crippen LogP contribution in [0.1, 0.15) is 22.3 Å². The largest absolute Gasteiger partial charge is 0.493 e. The molecule has 0 aromatic heterocycles. The Morgan fingerprint density at radius 1 is 0.953 bits per heavy atom. The lowest BCUT2D eigenvalue weighted by Gasteiger charge is -2.27. The summed E-state index contributed by atoms with van der Waals surface area (Å²) in [6.07, 6.45) is -3.64. The molecule has 0 bridgehead atoms. The van der Waals surface area contributed by atoms with Gasteiger partial charge in [0.1, 0.15) is 12.2 Å². The van der Waals surface area contributed by atoms with E-state index >= 15 is 0 Å². The van der Waals surface area contributed by atoms with Crippen molar-refractivity contribution in [2.45, 2.75) is 19.7 Å². The number of anilines is 1. The first kappa shape index (κ1) is 29.9. The molecule has 4 aromatic rings. The van der Waals surface area contributed by atoms with Gasteiger partial charge < -0.3 is 9.47 Å². The number of rotatable bonds is 6. The van der Waals surface area contributed by atoms with E-state index < -0.39 is 40.8 Å². The predicted molar refractivity (Wildman–Crippen MR) is 156 cm³/mol. The monoisotopic (exact) mass is 628 g/mol. The molecule has 0 atom stereocenters. The van der Waals surface area contributed by atoms with Crippen molar-refractivity contribution in [2.75, 3.05) is 12.0 Å². The Kier molecular flexibility index (Phi) is 8.09. The van der Waals surface area contributed by atoms with Gasteiger partial charge in [0.25, 0.3) is 11.8 Å². The van der Waals surface area contributed by atoms with Crippen LogP contribution in [0.2, 0.25) is 10.0 Å². The van der Waals surface area contributed by atoms with Crippen molar-refractivity contribution >= 4 is 63.6 Å². The van der Waals surface area contributed by atoms with E-state index in [0.29, 0.717) is 17.0 Å². The molecule has 1 aliphatic rings. The van der Waals surface area contributed by atoms with Crippen LogP contribution in [0.5, 0.6) is 11.5 Å². The Labute approximate surface area is 253 Å². The number of fused-ring (bicyclic) bond motifs is 1. The number of halogens is 5. The van der Waals surface area contributed by atoms with Crippen LogP contribution in [0.4, 0.5) is 23.7 Å². The molecule has 220 valence electrons. The van der Waals surface area contributed by atoms with E-state index in [1.54, 1.807) is 0 Å². The normalized spacial score (nSPS) is 14.8. The lowest BCUT2D eigenvalue weighted by Crippen LogP contribution is -2.54. The number of benzene rings is 4. The zero-order valence-corrected chi connectivity index (χ0v) is 24.0. The number of carbonyl (C=O) groups excluding carboxylic acids is 3. The first-order chi connectivity index (χ1) is 20.4. The summed E-state index contributed by atoms with van der Waals surface area (Å²) in [7, 11) is 1.38. The first-order valence-electron chi connectivity index (χ1n) is 12.6. The van der Waals surface area contributed by atoms with Crippen LogP contribution in [0.15, 0.2) is 72.3 Å². The van der Waals surface area contributed by atoms with Gasteiger partial charge in [0.05, 0.1) is 28.4 Å². The maximum absolute atomic E-state index is 13.3. The van der Waals surface area contributed by atoms with Gasteiger partial charge >= 0.3 is 12.2 Å². The molecule has 1 aliphatic heterocycles. The summed E-state index contributed by atoms with van der Waals surface area (Å²) in [4.78, 5) is 38.9. The molecule has 7 nitrogen and oxygen atoms in total. The molecule has 5 rings (SSSR count). The zero-order valence-electron chi connectivity index (χ0n) is 22.5. The number of hydrogen-bond acceptors (Lipinski definition) is 5. The number of methoxy groups -OCH3 is 1. The first-order valence-corrected chi connectivity index (χ1v) is 13.4. The number of ether oxygens (including phenoxy) is 2. The molecular weight excluding hydrogens is 608 g/mol. The smallest absolute Gasteiger partial charge is 0.416 e. The topological polar surface area (TPSA) is 84.9 Å². The number of aryl methyl sites for hydroxylation is 1. The number of amides is 4. The maximum Gasteiger partial charge on any atom is 0.416 e. The Morgan fingerprint density at radius 2 is 1.70 bits per heavy atom. The van der Waals surface area contributed by atoms with Crippen molar-refractivity contribution < 1.29 is 37.0 Å². The Bertz CT molecular complexity index is 1840. The number of urea groups is 1. The lowest BCUT2D eigenvalue weighted by molar-refractivity contribution is -0.137. The van der Waals surface area contributed by atoms with Gasteiger partial charge in [0, 0.05) is 5.56 Å². The van der Waals surface area contributed by atoms with E-state index in [4.69, 9.17) is 32.7 Å². The molecule has 0 unspecified atom stereocenters. The van der Waals surface area contributed by atoms with Crippen molar-refractivity contribution in [3.8, 4) is 11.5 Å². The number of nitrogens with one attached hydrogen (secondary N) is 1. The summed E-state index contributed by atoms with van der Waals surface area (Å²) in [5, 5.41) is 3.81. The lowest BCUT2D eigenvalue weighted by atomic mass is 10.0. The van der Waals surface area contributed by atoms with E-state index in [-0.39, 0.29) is 33.7 Å². The van der Waals surface area contributed by atoms with Gasteiger partial charge in [-0.25, -0.2) is 9.69 Å². The number of imide groups is 2. The minimum absolute atomic E-state index is 0.0987. The van der Waals surface area contributed by atoms with Crippen molar-refractivity contribution in [1.82, 2.24) is 5.32 Å². The fraction of sp³-hybridized carbons (Fsp3) is 0.129. The molecule has 1 fully saturated rings. The molecular formula is C31H21Cl2F3N2O5. The van der Waals surface area contributed by atoms with Crippen molar-refractivity contribution in [3.63, 3.8) is 0 Å². The summed E-state index contributed by atoms with van der Waals surface area (Å²) in [6.45, 7) is 2.13. The average Bonchev–Trinajstić information content (AvgIpc) is 2.95. The number of nitrogens with zero attached hydrogens (tertiary/aromatic N) is 1. The quantitative estimate of drug-likeness (QED) is 0.174. The minimum Gasteiger partial charge on any atom is -0.493 e. The summed E-state index contributed by atoms with van der Waals surface area (Å²) in [5.74, 6) is -1.84. The molecule has 12 heteroatoms. The van der Waals surface area contributed by atoms with Gasteiger partial charge in [-0.1, -0.05) is 59.6 Å². The highest BCUT2D eigenvalue weighted by atomic mass is 35.5. The van der Waals surface area contributed by atoms with Crippen molar-refractivity contribution in [3.05, 3.63) is 105 Å². The second-order valence-corrected chi connectivity index (χ2v) is 10.3. The summed E-state index contributed by atoms with van der Waals surface area (Å²) in [5.41, 5.74) is -0.0484. The summed E-state index contributed by atoms with van der Waals surface area (Å²) in [6, 6.07) is 15.6. The average molecular weight is 629 g/mol. The summed E-state index contributed by atoms with van der Waals surface area (Å²) < 4.78 is 51.5. The molecule has 4 amide bonds. The SMILES string of the molecule is COc1cc(/C=C2/C(=O)NC(=O)N(c3cc(C(F)(F)F)ccc3Cl)C2=O)cc(Cl)c1OCc1c(C)ccc2ccccc12. The van der Waals surface area contributed by atoms with E-state index in [1.807, 2.05) is 48.6 Å². The van der Waals surface area contributed by atoms with E-state index in [9.17, 15) is 27.6 Å². The Morgan fingerprint density at radius 3 is 2.42 bits per heavy atom. The van der Waals surface area contributed by atoms with Crippen LogP contribution in [-0.2, 0) is 22.4 Å². The molecule has 1 saturated heterocycles. The third kappa shape index (κ3) is 5.89. The molecule has 0 radical (unpaired) electrons. The molecule has 0 aliphatic carbocycles. The third-order valence-corrected chi connectivity index (χ3v) is 7.41. The van der Waals surface area contributed by atoms with Gasteiger partial charge in [0.2, 0.25) is 0 Å². The highest BCUT2D eigenvalue weighted by molar-refractivity contribution is 6.42. The van der Waals surface area contributed by atoms with E-state index in [2.05, 4.69) is 0 Å². The number of carbonyl (C=O) groups is 3. The number of barbiturate groups is 1. The van der Waals surface area contributed by atoms with Crippen LogP contribution in [0, 0.1) is 6.92 Å². The van der Waals surface area contributed by atoms with Gasteiger partial charge in [-0.05, 0) is 65.2 Å². The standard InChI is InChI=1S/C31H21Cl2F3N2O5/c1-16-7-8-18-5-3-4-6-20(18)22(16)15-43-27-24(33)12-17(13-26(27)42-2)11-21-28(39)37-30(41)38(29(21)40)25-14-19(31(34,35)36)9-10-23(25)32/h3-14H,15H2,1-2H3,(H,37,39,41)/b21-11-. The molecule has 4 aromatic carbocycles. The number of alkyl halides is 3. The van der Waals surface area contributed by atoms with Crippen LogP contribution >= 0.6 is 23.2 Å². The highest BCUT2D eigenvalue weighted by Crippen LogP contribution is 2.39. The van der Waals surface area contributed by atoms with Crippen LogP contribution in [0.25, 0.3) is 16.8 Å². The minimum atomic E-state index is -4.77. The Balaban J connectivity index is 1.48. The molecule has 43 heavy (non-hydrogen) atoms. The predicted octanol–water partition coefficient (Wildman–Crippen LogP) is 7.73. The molecule has 0 spiro atoms. The van der Waals surface area contributed by atoms with Crippen LogP contribution < -0.4 is 19.7 Å². The van der Waals surface area contributed by atoms with Crippen LogP contribution in [-0.4, -0.2) is 25.0 Å².